The molecule has 1 aromatic rings. The van der Waals surface area contributed by atoms with Crippen molar-refractivity contribution >= 4 is 17.2 Å². The lowest BCUT2D eigenvalue weighted by Gasteiger charge is -2.21. The Balaban J connectivity index is 2.35. The summed E-state index contributed by atoms with van der Waals surface area (Å²) in [5, 5.41) is 8.15. The zero-order valence-electron chi connectivity index (χ0n) is 10.3. The SMILES string of the molecule is CC(NC(=O)CNC(C)(C)C)c1cccs1. The molecule has 1 unspecified atom stereocenters. The molecule has 0 aromatic carbocycles. The van der Waals surface area contributed by atoms with E-state index < -0.39 is 0 Å². The van der Waals surface area contributed by atoms with Crippen molar-refractivity contribution in [1.82, 2.24) is 10.6 Å². The summed E-state index contributed by atoms with van der Waals surface area (Å²) in [5.41, 5.74) is -0.0243. The minimum Gasteiger partial charge on any atom is -0.348 e. The molecule has 0 aliphatic heterocycles. The van der Waals surface area contributed by atoms with Crippen LogP contribution in [0.3, 0.4) is 0 Å². The predicted molar refractivity (Wildman–Crippen MR) is 68.6 cm³/mol. The van der Waals surface area contributed by atoms with Crippen molar-refractivity contribution < 1.29 is 4.79 Å². The smallest absolute Gasteiger partial charge is 0.234 e. The fourth-order valence-corrected chi connectivity index (χ4v) is 1.98. The molecule has 0 saturated heterocycles. The summed E-state index contributed by atoms with van der Waals surface area (Å²) in [6.45, 7) is 8.50. The van der Waals surface area contributed by atoms with E-state index in [-0.39, 0.29) is 17.5 Å². The topological polar surface area (TPSA) is 41.1 Å². The molecule has 1 atom stereocenters. The number of amides is 1. The lowest BCUT2D eigenvalue weighted by molar-refractivity contribution is -0.121. The van der Waals surface area contributed by atoms with Crippen LogP contribution in [-0.2, 0) is 4.79 Å². The van der Waals surface area contributed by atoms with E-state index >= 15 is 0 Å². The van der Waals surface area contributed by atoms with Gasteiger partial charge in [0.2, 0.25) is 5.91 Å². The molecule has 1 heterocycles. The Labute approximate surface area is 101 Å². The first-order chi connectivity index (χ1) is 7.38. The molecule has 0 aliphatic carbocycles. The Kier molecular flexibility index (Phi) is 4.50. The fourth-order valence-electron chi connectivity index (χ4n) is 1.25. The van der Waals surface area contributed by atoms with E-state index in [4.69, 9.17) is 0 Å². The second-order valence-electron chi connectivity index (χ2n) is 4.91. The van der Waals surface area contributed by atoms with Gasteiger partial charge in [0.1, 0.15) is 0 Å². The van der Waals surface area contributed by atoms with Crippen LogP contribution in [0.15, 0.2) is 17.5 Å². The number of hydrogen-bond acceptors (Lipinski definition) is 3. The van der Waals surface area contributed by atoms with E-state index in [9.17, 15) is 4.79 Å². The molecule has 0 spiro atoms. The maximum Gasteiger partial charge on any atom is 0.234 e. The van der Waals surface area contributed by atoms with Crippen LogP contribution in [0.4, 0.5) is 0 Å². The van der Waals surface area contributed by atoms with Gasteiger partial charge in [-0.25, -0.2) is 0 Å². The van der Waals surface area contributed by atoms with Gasteiger partial charge in [-0.1, -0.05) is 6.07 Å². The third-order valence-electron chi connectivity index (χ3n) is 2.13. The molecule has 4 heteroatoms. The van der Waals surface area contributed by atoms with E-state index in [0.717, 1.165) is 0 Å². The van der Waals surface area contributed by atoms with E-state index in [0.29, 0.717) is 6.54 Å². The summed E-state index contributed by atoms with van der Waals surface area (Å²) in [4.78, 5) is 12.8. The van der Waals surface area contributed by atoms with Gasteiger partial charge >= 0.3 is 0 Å². The lowest BCUT2D eigenvalue weighted by atomic mass is 10.1. The fraction of sp³-hybridized carbons (Fsp3) is 0.583. The van der Waals surface area contributed by atoms with Gasteiger partial charge in [0.25, 0.3) is 0 Å². The highest BCUT2D eigenvalue weighted by atomic mass is 32.1. The van der Waals surface area contributed by atoms with E-state index in [2.05, 4.69) is 10.6 Å². The van der Waals surface area contributed by atoms with Crippen molar-refractivity contribution in [1.29, 1.82) is 0 Å². The molecule has 1 aromatic heterocycles. The van der Waals surface area contributed by atoms with Gasteiger partial charge in [0.15, 0.2) is 0 Å². The largest absolute Gasteiger partial charge is 0.348 e. The molecule has 0 saturated carbocycles. The van der Waals surface area contributed by atoms with Gasteiger partial charge < -0.3 is 10.6 Å². The number of nitrogens with one attached hydrogen (secondary N) is 2. The Morgan fingerprint density at radius 1 is 1.50 bits per heavy atom. The molecule has 16 heavy (non-hydrogen) atoms. The van der Waals surface area contributed by atoms with Gasteiger partial charge in [-0.3, -0.25) is 4.79 Å². The molecular formula is C12H20N2OS. The van der Waals surface area contributed by atoms with Crippen molar-refractivity contribution in [2.24, 2.45) is 0 Å². The Hall–Kier alpha value is -0.870. The van der Waals surface area contributed by atoms with Crippen molar-refractivity contribution in [2.75, 3.05) is 6.54 Å². The van der Waals surface area contributed by atoms with Crippen LogP contribution in [0.5, 0.6) is 0 Å². The number of carbonyl (C=O) groups is 1. The summed E-state index contributed by atoms with van der Waals surface area (Å²) < 4.78 is 0. The number of hydrogen-bond donors (Lipinski definition) is 2. The van der Waals surface area contributed by atoms with Gasteiger partial charge in [0, 0.05) is 10.4 Å². The van der Waals surface area contributed by atoms with Crippen LogP contribution in [-0.4, -0.2) is 18.0 Å². The number of rotatable bonds is 4. The molecule has 1 amide bonds. The molecule has 1 rings (SSSR count). The van der Waals surface area contributed by atoms with Gasteiger partial charge in [-0.05, 0) is 39.1 Å². The molecule has 3 nitrogen and oxygen atoms in total. The summed E-state index contributed by atoms with van der Waals surface area (Å²) in [5.74, 6) is 0.0378. The van der Waals surface area contributed by atoms with Crippen molar-refractivity contribution in [3.8, 4) is 0 Å². The highest BCUT2D eigenvalue weighted by molar-refractivity contribution is 7.10. The minimum absolute atomic E-state index is 0.0243. The predicted octanol–water partition coefficient (Wildman–Crippen LogP) is 2.31. The van der Waals surface area contributed by atoms with Gasteiger partial charge in [0.05, 0.1) is 12.6 Å². The quantitative estimate of drug-likeness (QED) is 0.848. The third-order valence-corrected chi connectivity index (χ3v) is 3.18. The van der Waals surface area contributed by atoms with Gasteiger partial charge in [-0.15, -0.1) is 11.3 Å². The summed E-state index contributed by atoms with van der Waals surface area (Å²) in [6, 6.07) is 4.12. The monoisotopic (exact) mass is 240 g/mol. The average molecular weight is 240 g/mol. The second-order valence-corrected chi connectivity index (χ2v) is 5.89. The molecule has 2 N–H and O–H groups in total. The highest BCUT2D eigenvalue weighted by Gasteiger charge is 2.13. The standard InChI is InChI=1S/C12H20N2OS/c1-9(10-6-5-7-16-10)14-11(15)8-13-12(2,3)4/h5-7,9,13H,8H2,1-4H3,(H,14,15). The van der Waals surface area contributed by atoms with E-state index in [1.807, 2.05) is 45.2 Å². The van der Waals surface area contributed by atoms with Crippen LogP contribution in [0.2, 0.25) is 0 Å². The minimum atomic E-state index is -0.0243. The third kappa shape index (κ3) is 4.77. The van der Waals surface area contributed by atoms with E-state index in [1.165, 1.54) is 4.88 Å². The first kappa shape index (κ1) is 13.2. The second kappa shape index (κ2) is 5.46. The van der Waals surface area contributed by atoms with Crippen molar-refractivity contribution in [3.63, 3.8) is 0 Å². The van der Waals surface area contributed by atoms with Crippen LogP contribution >= 0.6 is 11.3 Å². The molecular weight excluding hydrogens is 220 g/mol. The van der Waals surface area contributed by atoms with Crippen molar-refractivity contribution in [2.45, 2.75) is 39.3 Å². The highest BCUT2D eigenvalue weighted by Crippen LogP contribution is 2.17. The summed E-state index contributed by atoms with van der Waals surface area (Å²) >= 11 is 1.66. The molecule has 0 fully saturated rings. The van der Waals surface area contributed by atoms with Crippen LogP contribution < -0.4 is 10.6 Å². The summed E-state index contributed by atoms with van der Waals surface area (Å²) in [7, 11) is 0. The van der Waals surface area contributed by atoms with Crippen LogP contribution in [0.25, 0.3) is 0 Å². The number of carbonyl (C=O) groups excluding carboxylic acids is 1. The number of thiophene rings is 1. The zero-order valence-corrected chi connectivity index (χ0v) is 11.1. The van der Waals surface area contributed by atoms with Crippen LogP contribution in [0.1, 0.15) is 38.6 Å². The normalized spacial score (nSPS) is 13.5. The Bertz CT molecular complexity index is 327. The molecule has 90 valence electrons. The maximum absolute atomic E-state index is 11.6. The van der Waals surface area contributed by atoms with Crippen LogP contribution in [0, 0.1) is 0 Å². The Morgan fingerprint density at radius 3 is 2.69 bits per heavy atom. The molecule has 0 bridgehead atoms. The van der Waals surface area contributed by atoms with E-state index in [1.54, 1.807) is 11.3 Å². The molecule has 0 aliphatic rings. The van der Waals surface area contributed by atoms with Crippen molar-refractivity contribution in [3.05, 3.63) is 22.4 Å². The van der Waals surface area contributed by atoms with Gasteiger partial charge in [-0.2, -0.15) is 0 Å². The average Bonchev–Trinajstić information content (AvgIpc) is 2.66. The zero-order chi connectivity index (χ0) is 12.2. The first-order valence-corrected chi connectivity index (χ1v) is 6.34. The lowest BCUT2D eigenvalue weighted by Crippen LogP contribution is -2.43. The molecule has 0 radical (unpaired) electrons. The first-order valence-electron chi connectivity index (χ1n) is 5.46. The maximum atomic E-state index is 11.6. The summed E-state index contributed by atoms with van der Waals surface area (Å²) in [6.07, 6.45) is 0. The Morgan fingerprint density at radius 2 is 2.19 bits per heavy atom.